The standard InChI is InChI=1S/C16H24N2O2/c1-10-11(2)16-15(19-4-5-20-16)7-13(10)14-6-12(8-17)9-18(14)3/h7,12,14H,4-6,8-9,17H2,1-3H3. The van der Waals surface area contributed by atoms with Crippen LogP contribution in [0, 0.1) is 19.8 Å². The summed E-state index contributed by atoms with van der Waals surface area (Å²) in [7, 11) is 2.19. The van der Waals surface area contributed by atoms with Crippen molar-refractivity contribution < 1.29 is 9.47 Å². The van der Waals surface area contributed by atoms with Gasteiger partial charge in [0.25, 0.3) is 0 Å². The number of rotatable bonds is 2. The third-order valence-corrected chi connectivity index (χ3v) is 4.76. The molecule has 1 aromatic carbocycles. The lowest BCUT2D eigenvalue weighted by molar-refractivity contribution is 0.169. The number of likely N-dealkylation sites (tertiary alicyclic amines) is 1. The summed E-state index contributed by atoms with van der Waals surface area (Å²) in [5, 5.41) is 0. The highest BCUT2D eigenvalue weighted by Gasteiger charge is 2.32. The van der Waals surface area contributed by atoms with E-state index in [4.69, 9.17) is 15.2 Å². The molecule has 0 bridgehead atoms. The lowest BCUT2D eigenvalue weighted by atomic mass is 9.92. The average Bonchev–Trinajstić information content (AvgIpc) is 2.84. The first-order valence-electron chi connectivity index (χ1n) is 7.41. The van der Waals surface area contributed by atoms with E-state index in [2.05, 4.69) is 31.9 Å². The monoisotopic (exact) mass is 276 g/mol. The first-order valence-corrected chi connectivity index (χ1v) is 7.41. The van der Waals surface area contributed by atoms with Gasteiger partial charge >= 0.3 is 0 Å². The number of nitrogens with zero attached hydrogens (tertiary/aromatic N) is 1. The highest BCUT2D eigenvalue weighted by molar-refractivity contribution is 5.55. The Morgan fingerprint density at radius 3 is 2.70 bits per heavy atom. The lowest BCUT2D eigenvalue weighted by Gasteiger charge is -2.27. The van der Waals surface area contributed by atoms with Gasteiger partial charge in [0.05, 0.1) is 0 Å². The Balaban J connectivity index is 2.00. The largest absolute Gasteiger partial charge is 0.486 e. The van der Waals surface area contributed by atoms with Gasteiger partial charge in [-0.05, 0) is 62.5 Å². The molecule has 2 heterocycles. The maximum absolute atomic E-state index is 5.84. The van der Waals surface area contributed by atoms with Gasteiger partial charge in [-0.15, -0.1) is 0 Å². The van der Waals surface area contributed by atoms with Crippen molar-refractivity contribution in [3.63, 3.8) is 0 Å². The number of fused-ring (bicyclic) bond motifs is 1. The summed E-state index contributed by atoms with van der Waals surface area (Å²) in [5.74, 6) is 2.42. The molecular weight excluding hydrogens is 252 g/mol. The first kappa shape index (κ1) is 13.7. The molecule has 2 N–H and O–H groups in total. The molecule has 4 heteroatoms. The van der Waals surface area contributed by atoms with Crippen LogP contribution in [0.25, 0.3) is 0 Å². The fraction of sp³-hybridized carbons (Fsp3) is 0.625. The molecule has 0 spiro atoms. The number of nitrogens with two attached hydrogens (primary N) is 1. The molecule has 0 aromatic heterocycles. The van der Waals surface area contributed by atoms with Gasteiger partial charge in [0.15, 0.2) is 11.5 Å². The fourth-order valence-corrected chi connectivity index (χ4v) is 3.45. The van der Waals surface area contributed by atoms with Crippen LogP contribution in [-0.2, 0) is 0 Å². The van der Waals surface area contributed by atoms with Crippen LogP contribution >= 0.6 is 0 Å². The molecule has 4 nitrogen and oxygen atoms in total. The third kappa shape index (κ3) is 2.17. The Labute approximate surface area is 120 Å². The summed E-state index contributed by atoms with van der Waals surface area (Å²) < 4.78 is 11.5. The minimum atomic E-state index is 0.443. The van der Waals surface area contributed by atoms with E-state index in [0.29, 0.717) is 25.2 Å². The topological polar surface area (TPSA) is 47.7 Å². The summed E-state index contributed by atoms with van der Waals surface area (Å²) in [5.41, 5.74) is 9.74. The van der Waals surface area contributed by atoms with E-state index in [9.17, 15) is 0 Å². The van der Waals surface area contributed by atoms with Crippen LogP contribution in [0.4, 0.5) is 0 Å². The van der Waals surface area contributed by atoms with Gasteiger partial charge in [0.1, 0.15) is 13.2 Å². The van der Waals surface area contributed by atoms with Crippen molar-refractivity contribution in [1.82, 2.24) is 4.90 Å². The summed E-state index contributed by atoms with van der Waals surface area (Å²) in [6, 6.07) is 2.62. The maximum Gasteiger partial charge on any atom is 0.164 e. The number of hydrogen-bond acceptors (Lipinski definition) is 4. The van der Waals surface area contributed by atoms with E-state index in [1.165, 1.54) is 16.7 Å². The second-order valence-electron chi connectivity index (χ2n) is 6.03. The van der Waals surface area contributed by atoms with Crippen LogP contribution < -0.4 is 15.2 Å². The second-order valence-corrected chi connectivity index (χ2v) is 6.03. The molecule has 2 aliphatic rings. The Morgan fingerprint density at radius 1 is 1.25 bits per heavy atom. The van der Waals surface area contributed by atoms with Crippen LogP contribution in [0.2, 0.25) is 0 Å². The zero-order chi connectivity index (χ0) is 14.3. The third-order valence-electron chi connectivity index (χ3n) is 4.76. The Hall–Kier alpha value is -1.26. The smallest absolute Gasteiger partial charge is 0.164 e. The van der Waals surface area contributed by atoms with Crippen LogP contribution in [0.5, 0.6) is 11.5 Å². The van der Waals surface area contributed by atoms with E-state index in [0.717, 1.165) is 31.0 Å². The Kier molecular flexibility index (Phi) is 3.61. The van der Waals surface area contributed by atoms with Crippen molar-refractivity contribution in [1.29, 1.82) is 0 Å². The maximum atomic E-state index is 5.84. The number of hydrogen-bond donors (Lipinski definition) is 1. The highest BCUT2D eigenvalue weighted by atomic mass is 16.6. The normalized spacial score (nSPS) is 26.0. The summed E-state index contributed by atoms with van der Waals surface area (Å²) in [4.78, 5) is 2.41. The Morgan fingerprint density at radius 2 is 2.00 bits per heavy atom. The van der Waals surface area contributed by atoms with Gasteiger partial charge in [0, 0.05) is 12.6 Å². The van der Waals surface area contributed by atoms with Crippen LogP contribution in [0.15, 0.2) is 6.07 Å². The number of benzene rings is 1. The van der Waals surface area contributed by atoms with Crippen molar-refractivity contribution in [3.8, 4) is 11.5 Å². The van der Waals surface area contributed by atoms with Crippen molar-refractivity contribution >= 4 is 0 Å². The quantitative estimate of drug-likeness (QED) is 0.898. The SMILES string of the molecule is Cc1c(C2CC(CN)CN2C)cc2c(c1C)OCCO2. The van der Waals surface area contributed by atoms with E-state index in [1.54, 1.807) is 0 Å². The first-order chi connectivity index (χ1) is 9.61. The van der Waals surface area contributed by atoms with Crippen molar-refractivity contribution in [3.05, 3.63) is 22.8 Å². The second kappa shape index (κ2) is 5.26. The van der Waals surface area contributed by atoms with Crippen molar-refractivity contribution in [2.75, 3.05) is 33.4 Å². The van der Waals surface area contributed by atoms with Gasteiger partial charge in [-0.25, -0.2) is 0 Å². The molecule has 0 amide bonds. The van der Waals surface area contributed by atoms with Crippen molar-refractivity contribution in [2.24, 2.45) is 11.7 Å². The molecule has 20 heavy (non-hydrogen) atoms. The average molecular weight is 276 g/mol. The number of ether oxygens (including phenoxy) is 2. The lowest BCUT2D eigenvalue weighted by Crippen LogP contribution is -2.22. The fourth-order valence-electron chi connectivity index (χ4n) is 3.45. The molecule has 2 unspecified atom stereocenters. The van der Waals surface area contributed by atoms with E-state index < -0.39 is 0 Å². The summed E-state index contributed by atoms with van der Waals surface area (Å²) in [6.07, 6.45) is 1.13. The molecule has 2 atom stereocenters. The predicted octanol–water partition coefficient (Wildman–Crippen LogP) is 2.03. The molecule has 0 aliphatic carbocycles. The van der Waals surface area contributed by atoms with Crippen LogP contribution in [-0.4, -0.2) is 38.3 Å². The van der Waals surface area contributed by atoms with E-state index in [1.807, 2.05) is 0 Å². The summed E-state index contributed by atoms with van der Waals surface area (Å²) >= 11 is 0. The van der Waals surface area contributed by atoms with Crippen LogP contribution in [0.1, 0.15) is 29.2 Å². The minimum Gasteiger partial charge on any atom is -0.486 e. The Bertz CT molecular complexity index is 516. The van der Waals surface area contributed by atoms with Gasteiger partial charge < -0.3 is 15.2 Å². The van der Waals surface area contributed by atoms with Gasteiger partial charge in [-0.3, -0.25) is 4.90 Å². The zero-order valence-electron chi connectivity index (χ0n) is 12.6. The van der Waals surface area contributed by atoms with E-state index >= 15 is 0 Å². The molecule has 110 valence electrons. The summed E-state index contributed by atoms with van der Waals surface area (Å²) in [6.45, 7) is 7.44. The molecule has 1 aromatic rings. The van der Waals surface area contributed by atoms with Gasteiger partial charge in [-0.1, -0.05) is 0 Å². The van der Waals surface area contributed by atoms with E-state index in [-0.39, 0.29) is 0 Å². The van der Waals surface area contributed by atoms with Crippen LogP contribution in [0.3, 0.4) is 0 Å². The predicted molar refractivity (Wildman–Crippen MR) is 79.4 cm³/mol. The molecule has 1 fully saturated rings. The molecule has 3 rings (SSSR count). The van der Waals surface area contributed by atoms with Gasteiger partial charge in [0.2, 0.25) is 0 Å². The highest BCUT2D eigenvalue weighted by Crippen LogP contribution is 2.43. The molecule has 1 saturated heterocycles. The molecule has 2 aliphatic heterocycles. The molecular formula is C16H24N2O2. The molecule has 0 saturated carbocycles. The van der Waals surface area contributed by atoms with Gasteiger partial charge in [-0.2, -0.15) is 0 Å². The minimum absolute atomic E-state index is 0.443. The zero-order valence-corrected chi connectivity index (χ0v) is 12.6. The van der Waals surface area contributed by atoms with Crippen molar-refractivity contribution in [2.45, 2.75) is 26.3 Å². The molecule has 0 radical (unpaired) electrons.